The normalized spacial score (nSPS) is 29.4. The van der Waals surface area contributed by atoms with Crippen LogP contribution < -0.4 is 5.73 Å². The lowest BCUT2D eigenvalue weighted by molar-refractivity contribution is -0.144. The molecule has 0 radical (unpaired) electrons. The van der Waals surface area contributed by atoms with Crippen LogP contribution >= 0.6 is 0 Å². The molecule has 4 amide bonds. The van der Waals surface area contributed by atoms with E-state index >= 15 is 0 Å². The summed E-state index contributed by atoms with van der Waals surface area (Å²) >= 11 is 0. The molecule has 0 unspecified atom stereocenters. The van der Waals surface area contributed by atoms with Gasteiger partial charge in [-0.2, -0.15) is 0 Å². The van der Waals surface area contributed by atoms with Gasteiger partial charge < -0.3 is 20.4 Å². The Labute approximate surface area is 148 Å². The van der Waals surface area contributed by atoms with Gasteiger partial charge in [0.2, 0.25) is 11.8 Å². The molecule has 1 atom stereocenters. The van der Waals surface area contributed by atoms with Crippen LogP contribution in [0.5, 0.6) is 0 Å². The Morgan fingerprint density at radius 1 is 1.04 bits per heavy atom. The zero-order valence-corrected chi connectivity index (χ0v) is 14.8. The van der Waals surface area contributed by atoms with Crippen LogP contribution in [-0.2, 0) is 9.59 Å². The molecule has 0 aromatic rings. The molecular weight excluding hydrogens is 320 g/mol. The SMILES string of the molecule is NC(=O)N1CCC[C@H]1C(=O)N1CCC2(CCC(=O)N(C3CC3)C2)CC1. The Kier molecular flexibility index (Phi) is 4.12. The second-order valence-electron chi connectivity index (χ2n) is 8.27. The first-order chi connectivity index (χ1) is 12.0. The van der Waals surface area contributed by atoms with E-state index in [0.29, 0.717) is 31.3 Å². The van der Waals surface area contributed by atoms with Crippen LogP contribution in [0.25, 0.3) is 0 Å². The first-order valence-electron chi connectivity index (χ1n) is 9.63. The highest BCUT2D eigenvalue weighted by atomic mass is 16.2. The number of rotatable bonds is 2. The number of hydrogen-bond acceptors (Lipinski definition) is 3. The van der Waals surface area contributed by atoms with Crippen molar-refractivity contribution >= 4 is 17.8 Å². The molecule has 0 aromatic heterocycles. The molecule has 4 fully saturated rings. The van der Waals surface area contributed by atoms with Crippen LogP contribution in [0.1, 0.15) is 51.4 Å². The summed E-state index contributed by atoms with van der Waals surface area (Å²) in [5.41, 5.74) is 5.60. The van der Waals surface area contributed by atoms with Gasteiger partial charge in [-0.05, 0) is 50.4 Å². The van der Waals surface area contributed by atoms with E-state index in [0.717, 1.165) is 58.2 Å². The molecule has 4 aliphatic rings. The molecule has 1 saturated carbocycles. The van der Waals surface area contributed by atoms with Crippen molar-refractivity contribution in [3.63, 3.8) is 0 Å². The molecule has 0 bridgehead atoms. The summed E-state index contributed by atoms with van der Waals surface area (Å²) in [5.74, 6) is 0.367. The van der Waals surface area contributed by atoms with Crippen LogP contribution in [0.4, 0.5) is 4.79 Å². The fraction of sp³-hybridized carbons (Fsp3) is 0.833. The Morgan fingerprint density at radius 3 is 2.40 bits per heavy atom. The molecule has 3 saturated heterocycles. The van der Waals surface area contributed by atoms with E-state index in [1.165, 1.54) is 4.90 Å². The van der Waals surface area contributed by atoms with Crippen molar-refractivity contribution in [2.75, 3.05) is 26.2 Å². The van der Waals surface area contributed by atoms with E-state index in [9.17, 15) is 14.4 Å². The van der Waals surface area contributed by atoms with E-state index in [1.54, 1.807) is 0 Å². The van der Waals surface area contributed by atoms with Gasteiger partial charge in [0.1, 0.15) is 6.04 Å². The van der Waals surface area contributed by atoms with Crippen molar-refractivity contribution < 1.29 is 14.4 Å². The molecule has 25 heavy (non-hydrogen) atoms. The average molecular weight is 348 g/mol. The molecule has 7 nitrogen and oxygen atoms in total. The van der Waals surface area contributed by atoms with Crippen molar-refractivity contribution in [2.24, 2.45) is 11.1 Å². The smallest absolute Gasteiger partial charge is 0.315 e. The van der Waals surface area contributed by atoms with Gasteiger partial charge in [-0.15, -0.1) is 0 Å². The Balaban J connectivity index is 1.37. The van der Waals surface area contributed by atoms with Crippen molar-refractivity contribution in [3.8, 4) is 0 Å². The van der Waals surface area contributed by atoms with Gasteiger partial charge in [-0.3, -0.25) is 9.59 Å². The first-order valence-corrected chi connectivity index (χ1v) is 9.63. The number of carbonyl (C=O) groups excluding carboxylic acids is 3. The number of nitrogens with zero attached hydrogens (tertiary/aromatic N) is 3. The summed E-state index contributed by atoms with van der Waals surface area (Å²) in [7, 11) is 0. The summed E-state index contributed by atoms with van der Waals surface area (Å²) in [5, 5.41) is 0. The number of amides is 4. The minimum absolute atomic E-state index is 0.0529. The number of carbonyl (C=O) groups is 3. The van der Waals surface area contributed by atoms with Gasteiger partial charge >= 0.3 is 6.03 Å². The quantitative estimate of drug-likeness (QED) is 0.805. The van der Waals surface area contributed by atoms with Crippen LogP contribution in [-0.4, -0.2) is 70.8 Å². The van der Waals surface area contributed by atoms with Crippen molar-refractivity contribution in [1.29, 1.82) is 0 Å². The number of primary amides is 1. The molecule has 1 aliphatic carbocycles. The topological polar surface area (TPSA) is 87.0 Å². The fourth-order valence-electron chi connectivity index (χ4n) is 4.87. The number of nitrogens with two attached hydrogens (primary N) is 1. The summed E-state index contributed by atoms with van der Waals surface area (Å²) in [6.45, 7) is 2.92. The van der Waals surface area contributed by atoms with Gasteiger partial charge in [0.05, 0.1) is 0 Å². The Morgan fingerprint density at radius 2 is 1.76 bits per heavy atom. The lowest BCUT2D eigenvalue weighted by Crippen LogP contribution is -2.55. The first kappa shape index (κ1) is 16.7. The Bertz CT molecular complexity index is 581. The summed E-state index contributed by atoms with van der Waals surface area (Å²) < 4.78 is 0. The highest BCUT2D eigenvalue weighted by Crippen LogP contribution is 2.43. The van der Waals surface area contributed by atoms with Gasteiger partial charge in [-0.25, -0.2) is 4.79 Å². The number of hydrogen-bond donors (Lipinski definition) is 1. The molecular formula is C18H28N4O3. The van der Waals surface area contributed by atoms with Gasteiger partial charge in [-0.1, -0.05) is 0 Å². The van der Waals surface area contributed by atoms with E-state index in [1.807, 2.05) is 4.90 Å². The third-order valence-corrected chi connectivity index (χ3v) is 6.64. The van der Waals surface area contributed by atoms with Crippen molar-refractivity contribution in [2.45, 2.75) is 63.5 Å². The van der Waals surface area contributed by atoms with Gasteiger partial charge in [0, 0.05) is 38.6 Å². The zero-order valence-electron chi connectivity index (χ0n) is 14.8. The Hall–Kier alpha value is -1.79. The minimum Gasteiger partial charge on any atom is -0.351 e. The molecule has 3 aliphatic heterocycles. The second kappa shape index (κ2) is 6.18. The lowest BCUT2D eigenvalue weighted by atomic mass is 9.72. The predicted molar refractivity (Wildman–Crippen MR) is 91.5 cm³/mol. The van der Waals surface area contributed by atoms with Crippen LogP contribution in [0.2, 0.25) is 0 Å². The number of likely N-dealkylation sites (tertiary alicyclic amines) is 3. The van der Waals surface area contributed by atoms with Crippen LogP contribution in [0, 0.1) is 5.41 Å². The van der Waals surface area contributed by atoms with Crippen molar-refractivity contribution in [3.05, 3.63) is 0 Å². The monoisotopic (exact) mass is 348 g/mol. The molecule has 1 spiro atoms. The number of urea groups is 1. The average Bonchev–Trinajstić information content (AvgIpc) is 3.33. The molecule has 2 N–H and O–H groups in total. The largest absolute Gasteiger partial charge is 0.351 e. The van der Waals surface area contributed by atoms with Crippen LogP contribution in [0.15, 0.2) is 0 Å². The summed E-state index contributed by atoms with van der Waals surface area (Å²) in [6, 6.07) is -0.385. The molecule has 4 rings (SSSR count). The van der Waals surface area contributed by atoms with Crippen molar-refractivity contribution in [1.82, 2.24) is 14.7 Å². The second-order valence-corrected chi connectivity index (χ2v) is 8.27. The zero-order chi connectivity index (χ0) is 17.6. The fourth-order valence-corrected chi connectivity index (χ4v) is 4.87. The summed E-state index contributed by atoms with van der Waals surface area (Å²) in [4.78, 5) is 42.0. The van der Waals surface area contributed by atoms with E-state index in [-0.39, 0.29) is 17.4 Å². The minimum atomic E-state index is -0.491. The maximum absolute atomic E-state index is 12.8. The van der Waals surface area contributed by atoms with E-state index in [2.05, 4.69) is 4.90 Å². The highest BCUT2D eigenvalue weighted by molar-refractivity contribution is 5.87. The molecule has 138 valence electrons. The maximum atomic E-state index is 12.8. The van der Waals surface area contributed by atoms with Crippen LogP contribution in [0.3, 0.4) is 0 Å². The summed E-state index contributed by atoms with van der Waals surface area (Å²) in [6.07, 6.45) is 7.38. The standard InChI is InChI=1S/C18H28N4O3/c19-17(25)21-9-1-2-14(21)16(24)20-10-7-18(8-11-20)6-5-15(23)22(12-18)13-3-4-13/h13-14H,1-12H2,(H2,19,25)/t14-/m0/s1. The maximum Gasteiger partial charge on any atom is 0.315 e. The van der Waals surface area contributed by atoms with Gasteiger partial charge in [0.15, 0.2) is 0 Å². The molecule has 7 heteroatoms. The van der Waals surface area contributed by atoms with E-state index in [4.69, 9.17) is 5.73 Å². The third-order valence-electron chi connectivity index (χ3n) is 6.64. The highest BCUT2D eigenvalue weighted by Gasteiger charge is 2.46. The van der Waals surface area contributed by atoms with Gasteiger partial charge in [0.25, 0.3) is 0 Å². The molecule has 3 heterocycles. The predicted octanol–water partition coefficient (Wildman–Crippen LogP) is 0.923. The number of piperidine rings is 2. The lowest BCUT2D eigenvalue weighted by Gasteiger charge is -2.48. The molecule has 0 aromatic carbocycles. The van der Waals surface area contributed by atoms with E-state index < -0.39 is 6.03 Å². The third kappa shape index (κ3) is 3.09.